The average Bonchev–Trinajstić information content (AvgIpc) is 3.30. The van der Waals surface area contributed by atoms with Gasteiger partial charge in [-0.3, -0.25) is 9.59 Å². The Morgan fingerprint density at radius 2 is 2.00 bits per heavy atom. The topological polar surface area (TPSA) is 76.0 Å². The molecule has 0 radical (unpaired) electrons. The van der Waals surface area contributed by atoms with Crippen LogP contribution < -0.4 is 10.6 Å². The lowest BCUT2D eigenvalue weighted by molar-refractivity contribution is -0.113. The Morgan fingerprint density at radius 3 is 2.86 bits per heavy atom. The van der Waals surface area contributed by atoms with Gasteiger partial charge in [-0.05, 0) is 49.6 Å². The molecule has 2 aliphatic rings. The zero-order chi connectivity index (χ0) is 19.1. The van der Waals surface area contributed by atoms with Crippen molar-refractivity contribution in [2.75, 3.05) is 16.4 Å². The van der Waals surface area contributed by atoms with Gasteiger partial charge >= 0.3 is 0 Å². The van der Waals surface area contributed by atoms with Crippen LogP contribution in [0.1, 0.15) is 28.0 Å². The predicted octanol–water partition coefficient (Wildman–Crippen LogP) is 3.66. The van der Waals surface area contributed by atoms with E-state index in [4.69, 9.17) is 5.10 Å². The third-order valence-corrected chi connectivity index (χ3v) is 6.09. The Balaban J connectivity index is 1.49. The number of benzene rings is 2. The number of fused-ring (bicyclic) bond motifs is 2. The summed E-state index contributed by atoms with van der Waals surface area (Å²) in [6.07, 6.45) is 2.90. The molecule has 28 heavy (non-hydrogen) atoms. The van der Waals surface area contributed by atoms with Gasteiger partial charge in [-0.1, -0.05) is 18.2 Å². The second-order valence-electron chi connectivity index (χ2n) is 6.88. The van der Waals surface area contributed by atoms with Gasteiger partial charge in [0.15, 0.2) is 0 Å². The Bertz CT molecular complexity index is 1090. The summed E-state index contributed by atoms with van der Waals surface area (Å²) in [5.41, 5.74) is 4.28. The Morgan fingerprint density at radius 1 is 1.14 bits per heavy atom. The maximum absolute atomic E-state index is 13.0. The van der Waals surface area contributed by atoms with Gasteiger partial charge in [0.2, 0.25) is 5.91 Å². The monoisotopic (exact) mass is 390 g/mol. The lowest BCUT2D eigenvalue weighted by Crippen LogP contribution is -2.20. The SMILES string of the molecule is O=C1CSc2ccc(C(=O)Nc3c4c(nn3-c3ccccc3)CCC4)cc2N1. The van der Waals surface area contributed by atoms with E-state index >= 15 is 0 Å². The molecule has 0 saturated heterocycles. The molecular weight excluding hydrogens is 372 g/mol. The van der Waals surface area contributed by atoms with E-state index in [-0.39, 0.29) is 11.8 Å². The maximum Gasteiger partial charge on any atom is 0.256 e. The predicted molar refractivity (Wildman–Crippen MR) is 109 cm³/mol. The molecule has 5 rings (SSSR count). The van der Waals surface area contributed by atoms with Crippen LogP contribution in [0.4, 0.5) is 11.5 Å². The maximum atomic E-state index is 13.0. The molecule has 1 aromatic heterocycles. The summed E-state index contributed by atoms with van der Waals surface area (Å²) < 4.78 is 1.82. The van der Waals surface area contributed by atoms with Crippen LogP contribution in [-0.4, -0.2) is 27.3 Å². The lowest BCUT2D eigenvalue weighted by Gasteiger charge is -2.17. The van der Waals surface area contributed by atoms with Gasteiger partial charge in [0.1, 0.15) is 5.82 Å². The van der Waals surface area contributed by atoms with Crippen LogP contribution in [0.25, 0.3) is 5.69 Å². The van der Waals surface area contributed by atoms with Crippen molar-refractivity contribution in [3.63, 3.8) is 0 Å². The minimum Gasteiger partial charge on any atom is -0.324 e. The van der Waals surface area contributed by atoms with Gasteiger partial charge < -0.3 is 10.6 Å². The van der Waals surface area contributed by atoms with Crippen molar-refractivity contribution in [2.24, 2.45) is 0 Å². The number of carbonyl (C=O) groups excluding carboxylic acids is 2. The molecule has 0 bridgehead atoms. The minimum absolute atomic E-state index is 0.0463. The largest absolute Gasteiger partial charge is 0.324 e. The highest BCUT2D eigenvalue weighted by Gasteiger charge is 2.25. The fraction of sp³-hybridized carbons (Fsp3) is 0.190. The molecule has 0 fully saturated rings. The second-order valence-corrected chi connectivity index (χ2v) is 7.89. The quantitative estimate of drug-likeness (QED) is 0.716. The summed E-state index contributed by atoms with van der Waals surface area (Å²) >= 11 is 1.48. The molecule has 1 aliphatic heterocycles. The fourth-order valence-corrected chi connectivity index (χ4v) is 4.47. The zero-order valence-corrected chi connectivity index (χ0v) is 15.9. The van der Waals surface area contributed by atoms with Crippen molar-refractivity contribution in [2.45, 2.75) is 24.2 Å². The smallest absolute Gasteiger partial charge is 0.256 e. The third kappa shape index (κ3) is 2.97. The Hall–Kier alpha value is -3.06. The zero-order valence-electron chi connectivity index (χ0n) is 15.1. The van der Waals surface area contributed by atoms with Gasteiger partial charge in [-0.15, -0.1) is 11.8 Å². The van der Waals surface area contributed by atoms with Crippen LogP contribution in [-0.2, 0) is 17.6 Å². The van der Waals surface area contributed by atoms with Crippen molar-refractivity contribution >= 4 is 35.1 Å². The molecule has 6 nitrogen and oxygen atoms in total. The van der Waals surface area contributed by atoms with Crippen molar-refractivity contribution in [3.8, 4) is 5.69 Å². The number of hydrogen-bond acceptors (Lipinski definition) is 4. The summed E-state index contributed by atoms with van der Waals surface area (Å²) in [6.45, 7) is 0. The number of nitrogens with zero attached hydrogens (tertiary/aromatic N) is 2. The fourth-order valence-electron chi connectivity index (χ4n) is 3.68. The van der Waals surface area contributed by atoms with Crippen molar-refractivity contribution in [1.29, 1.82) is 0 Å². The van der Waals surface area contributed by atoms with Gasteiger partial charge in [0, 0.05) is 16.0 Å². The first-order chi connectivity index (χ1) is 13.7. The first kappa shape index (κ1) is 17.1. The summed E-state index contributed by atoms with van der Waals surface area (Å²) in [5.74, 6) is 0.885. The summed E-state index contributed by atoms with van der Waals surface area (Å²) in [4.78, 5) is 25.6. The van der Waals surface area contributed by atoms with Crippen LogP contribution in [0.3, 0.4) is 0 Å². The van der Waals surface area contributed by atoms with Gasteiger partial charge in [0.25, 0.3) is 5.91 Å². The molecule has 0 unspecified atom stereocenters. The number of thioether (sulfide) groups is 1. The number of carbonyl (C=O) groups is 2. The number of nitrogens with one attached hydrogen (secondary N) is 2. The van der Waals surface area contributed by atoms with Crippen molar-refractivity contribution in [1.82, 2.24) is 9.78 Å². The first-order valence-corrected chi connectivity index (χ1v) is 10.2. The van der Waals surface area contributed by atoms with E-state index in [2.05, 4.69) is 10.6 Å². The van der Waals surface area contributed by atoms with E-state index < -0.39 is 0 Å². The van der Waals surface area contributed by atoms with Gasteiger partial charge in [-0.25, -0.2) is 4.68 Å². The number of amides is 2. The minimum atomic E-state index is -0.209. The highest BCUT2D eigenvalue weighted by Crippen LogP contribution is 2.34. The Labute approximate surface area is 166 Å². The van der Waals surface area contributed by atoms with Gasteiger partial charge in [-0.2, -0.15) is 5.10 Å². The number of para-hydroxylation sites is 1. The van der Waals surface area contributed by atoms with Gasteiger partial charge in [0.05, 0.1) is 22.8 Å². The molecule has 2 amide bonds. The third-order valence-electron chi connectivity index (χ3n) is 5.01. The second kappa shape index (κ2) is 6.83. The van der Waals surface area contributed by atoms with E-state index in [1.807, 2.05) is 41.1 Å². The molecule has 0 saturated carbocycles. The number of aromatic nitrogens is 2. The molecule has 3 aromatic rings. The highest BCUT2D eigenvalue weighted by molar-refractivity contribution is 8.00. The van der Waals surface area contributed by atoms with Crippen LogP contribution in [0, 0.1) is 0 Å². The molecular formula is C21H18N4O2S. The van der Waals surface area contributed by atoms with E-state index in [1.165, 1.54) is 11.8 Å². The van der Waals surface area contributed by atoms with E-state index in [0.717, 1.165) is 46.9 Å². The molecule has 2 heterocycles. The summed E-state index contributed by atoms with van der Waals surface area (Å²) in [5, 5.41) is 10.6. The number of anilines is 2. The number of hydrogen-bond donors (Lipinski definition) is 2. The van der Waals surface area contributed by atoms with E-state index in [9.17, 15) is 9.59 Å². The number of rotatable bonds is 3. The standard InChI is InChI=1S/C21H18N4O2S/c26-19-12-28-18-10-9-13(11-17(18)22-19)21(27)23-20-15-7-4-8-16(15)24-25(20)14-5-2-1-3-6-14/h1-3,5-6,9-11H,4,7-8,12H2,(H,22,26)(H,23,27). The molecule has 0 atom stereocenters. The van der Waals surface area contributed by atoms with Crippen LogP contribution >= 0.6 is 11.8 Å². The molecule has 2 aromatic carbocycles. The molecule has 7 heteroatoms. The average molecular weight is 390 g/mol. The molecule has 0 spiro atoms. The number of aryl methyl sites for hydroxylation is 1. The summed E-state index contributed by atoms with van der Waals surface area (Å²) in [6, 6.07) is 15.2. The van der Waals surface area contributed by atoms with Crippen LogP contribution in [0.5, 0.6) is 0 Å². The normalized spacial score (nSPS) is 14.9. The molecule has 140 valence electrons. The van der Waals surface area contributed by atoms with Crippen LogP contribution in [0.15, 0.2) is 53.4 Å². The first-order valence-electron chi connectivity index (χ1n) is 9.23. The van der Waals surface area contributed by atoms with Crippen molar-refractivity contribution in [3.05, 3.63) is 65.4 Å². The van der Waals surface area contributed by atoms with E-state index in [0.29, 0.717) is 17.0 Å². The van der Waals surface area contributed by atoms with E-state index in [1.54, 1.807) is 12.1 Å². The molecule has 2 N–H and O–H groups in total. The summed E-state index contributed by atoms with van der Waals surface area (Å²) in [7, 11) is 0. The Kier molecular flexibility index (Phi) is 4.16. The highest BCUT2D eigenvalue weighted by atomic mass is 32.2. The van der Waals surface area contributed by atoms with Crippen LogP contribution in [0.2, 0.25) is 0 Å². The molecule has 1 aliphatic carbocycles. The lowest BCUT2D eigenvalue weighted by atomic mass is 10.1. The van der Waals surface area contributed by atoms with Crippen molar-refractivity contribution < 1.29 is 9.59 Å².